The van der Waals surface area contributed by atoms with E-state index in [4.69, 9.17) is 0 Å². The van der Waals surface area contributed by atoms with Crippen molar-refractivity contribution >= 4 is 5.91 Å². The van der Waals surface area contributed by atoms with Crippen LogP contribution >= 0.6 is 0 Å². The van der Waals surface area contributed by atoms with Crippen LogP contribution in [-0.2, 0) is 4.79 Å². The lowest BCUT2D eigenvalue weighted by molar-refractivity contribution is -0.127. The molecule has 3 nitrogen and oxygen atoms in total. The van der Waals surface area contributed by atoms with Crippen molar-refractivity contribution in [3.05, 3.63) is 12.7 Å². The maximum absolute atomic E-state index is 11.4. The van der Waals surface area contributed by atoms with E-state index < -0.39 is 0 Å². The van der Waals surface area contributed by atoms with Crippen LogP contribution in [0.5, 0.6) is 0 Å². The van der Waals surface area contributed by atoms with E-state index in [-0.39, 0.29) is 5.91 Å². The first-order valence-corrected chi connectivity index (χ1v) is 6.16. The molecule has 0 aromatic heterocycles. The monoisotopic (exact) mass is 224 g/mol. The van der Waals surface area contributed by atoms with E-state index in [1.807, 2.05) is 4.90 Å². The Kier molecular flexibility index (Phi) is 5.00. The Balaban J connectivity index is 2.32. The summed E-state index contributed by atoms with van der Waals surface area (Å²) in [6.45, 7) is 10.9. The average molecular weight is 224 g/mol. The van der Waals surface area contributed by atoms with Crippen LogP contribution in [-0.4, -0.2) is 48.4 Å². The number of amides is 1. The Hall–Kier alpha value is -0.830. The lowest BCUT2D eigenvalue weighted by atomic mass is 9.96. The zero-order chi connectivity index (χ0) is 12.1. The predicted octanol–water partition coefficient (Wildman–Crippen LogP) is 1.75. The van der Waals surface area contributed by atoms with Gasteiger partial charge in [0.15, 0.2) is 0 Å². The normalized spacial score (nSPS) is 18.2. The number of rotatable bonds is 4. The Morgan fingerprint density at radius 3 is 2.50 bits per heavy atom. The number of piperidine rings is 1. The highest BCUT2D eigenvalue weighted by atomic mass is 16.2. The Bertz CT molecular complexity index is 242. The largest absolute Gasteiger partial charge is 0.339 e. The molecule has 1 heterocycles. The van der Waals surface area contributed by atoms with E-state index >= 15 is 0 Å². The topological polar surface area (TPSA) is 23.6 Å². The van der Waals surface area contributed by atoms with Gasteiger partial charge in [-0.2, -0.15) is 0 Å². The molecule has 3 heteroatoms. The molecule has 1 rings (SSSR count). The summed E-state index contributed by atoms with van der Waals surface area (Å²) >= 11 is 0. The quantitative estimate of drug-likeness (QED) is 0.679. The molecule has 0 aromatic carbocycles. The van der Waals surface area contributed by atoms with Gasteiger partial charge in [0.05, 0.1) is 0 Å². The van der Waals surface area contributed by atoms with Crippen LogP contribution in [0.3, 0.4) is 0 Å². The minimum atomic E-state index is 0.0793. The van der Waals surface area contributed by atoms with Crippen LogP contribution in [0, 0.1) is 5.92 Å². The molecule has 0 unspecified atom stereocenters. The highest BCUT2D eigenvalue weighted by Crippen LogP contribution is 2.18. The maximum atomic E-state index is 11.4. The van der Waals surface area contributed by atoms with Gasteiger partial charge in [0.2, 0.25) is 5.91 Å². The van der Waals surface area contributed by atoms with Gasteiger partial charge >= 0.3 is 0 Å². The predicted molar refractivity (Wildman–Crippen MR) is 67.3 cm³/mol. The van der Waals surface area contributed by atoms with Crippen molar-refractivity contribution in [3.8, 4) is 0 Å². The van der Waals surface area contributed by atoms with Crippen molar-refractivity contribution in [2.45, 2.75) is 32.7 Å². The summed E-state index contributed by atoms with van der Waals surface area (Å²) in [5.74, 6) is 0.817. The third kappa shape index (κ3) is 3.63. The van der Waals surface area contributed by atoms with Crippen molar-refractivity contribution in [2.24, 2.45) is 5.92 Å². The van der Waals surface area contributed by atoms with E-state index in [0.29, 0.717) is 6.04 Å². The first-order valence-electron chi connectivity index (χ1n) is 6.16. The average Bonchev–Trinajstić information content (AvgIpc) is 2.28. The third-order valence-electron chi connectivity index (χ3n) is 3.53. The van der Waals surface area contributed by atoms with Crippen molar-refractivity contribution in [1.82, 2.24) is 9.80 Å². The Morgan fingerprint density at radius 2 is 2.06 bits per heavy atom. The number of hydrogen-bond donors (Lipinski definition) is 0. The van der Waals surface area contributed by atoms with Crippen LogP contribution in [0.25, 0.3) is 0 Å². The number of likely N-dealkylation sites (tertiary alicyclic amines) is 1. The van der Waals surface area contributed by atoms with E-state index in [1.54, 1.807) is 0 Å². The molecule has 1 aliphatic rings. The fraction of sp³-hybridized carbons (Fsp3) is 0.769. The molecule has 16 heavy (non-hydrogen) atoms. The molecule has 1 aliphatic heterocycles. The molecule has 1 saturated heterocycles. The number of carbonyl (C=O) groups excluding carboxylic acids is 1. The summed E-state index contributed by atoms with van der Waals surface area (Å²) < 4.78 is 0. The number of hydrogen-bond acceptors (Lipinski definition) is 2. The maximum Gasteiger partial charge on any atom is 0.245 e. The summed E-state index contributed by atoms with van der Waals surface area (Å²) in [5, 5.41) is 0. The molecular formula is C13H24N2O. The molecule has 1 amide bonds. The van der Waals surface area contributed by atoms with Crippen molar-refractivity contribution < 1.29 is 4.79 Å². The van der Waals surface area contributed by atoms with Gasteiger partial charge in [-0.25, -0.2) is 0 Å². The molecule has 0 atom stereocenters. The van der Waals surface area contributed by atoms with E-state index in [1.165, 1.54) is 6.08 Å². The molecule has 0 aliphatic carbocycles. The molecule has 0 aromatic rings. The van der Waals surface area contributed by atoms with Crippen LogP contribution in [0.1, 0.15) is 26.7 Å². The third-order valence-corrected chi connectivity index (χ3v) is 3.53. The smallest absolute Gasteiger partial charge is 0.245 e. The van der Waals surface area contributed by atoms with Crippen molar-refractivity contribution in [2.75, 3.05) is 26.7 Å². The molecule has 0 spiro atoms. The van der Waals surface area contributed by atoms with Gasteiger partial charge in [0.1, 0.15) is 0 Å². The molecule has 0 saturated carbocycles. The SMILES string of the molecule is C=CC(=O)N1CCC(CN(C)C(C)C)CC1. The number of carbonyl (C=O) groups is 1. The number of nitrogens with zero attached hydrogens (tertiary/aromatic N) is 2. The Labute approximate surface area is 99.1 Å². The van der Waals surface area contributed by atoms with Gasteiger partial charge in [-0.05, 0) is 45.7 Å². The summed E-state index contributed by atoms with van der Waals surface area (Å²) in [4.78, 5) is 15.7. The van der Waals surface area contributed by atoms with Gasteiger partial charge in [0, 0.05) is 25.7 Å². The fourth-order valence-electron chi connectivity index (χ4n) is 2.08. The molecule has 0 N–H and O–H groups in total. The van der Waals surface area contributed by atoms with Gasteiger partial charge < -0.3 is 9.80 Å². The lowest BCUT2D eigenvalue weighted by Crippen LogP contribution is -2.41. The van der Waals surface area contributed by atoms with Crippen molar-refractivity contribution in [3.63, 3.8) is 0 Å². The molecule has 92 valence electrons. The Morgan fingerprint density at radius 1 is 1.50 bits per heavy atom. The van der Waals surface area contributed by atoms with Gasteiger partial charge in [-0.3, -0.25) is 4.79 Å². The van der Waals surface area contributed by atoms with E-state index in [0.717, 1.165) is 38.4 Å². The highest BCUT2D eigenvalue weighted by Gasteiger charge is 2.22. The van der Waals surface area contributed by atoms with Crippen LogP contribution in [0.2, 0.25) is 0 Å². The zero-order valence-electron chi connectivity index (χ0n) is 10.8. The van der Waals surface area contributed by atoms with Crippen LogP contribution in [0.15, 0.2) is 12.7 Å². The summed E-state index contributed by atoms with van der Waals surface area (Å²) in [7, 11) is 2.17. The van der Waals surface area contributed by atoms with E-state index in [9.17, 15) is 4.79 Å². The zero-order valence-corrected chi connectivity index (χ0v) is 10.8. The first-order chi connectivity index (χ1) is 7.54. The molecule has 1 fully saturated rings. The van der Waals surface area contributed by atoms with Crippen LogP contribution in [0.4, 0.5) is 0 Å². The second-order valence-corrected chi connectivity index (χ2v) is 5.01. The van der Waals surface area contributed by atoms with Gasteiger partial charge in [-0.1, -0.05) is 6.58 Å². The minimum Gasteiger partial charge on any atom is -0.339 e. The lowest BCUT2D eigenvalue weighted by Gasteiger charge is -2.34. The summed E-state index contributed by atoms with van der Waals surface area (Å²) in [6.07, 6.45) is 3.66. The molecular weight excluding hydrogens is 200 g/mol. The second kappa shape index (κ2) is 6.04. The van der Waals surface area contributed by atoms with Gasteiger partial charge in [-0.15, -0.1) is 0 Å². The van der Waals surface area contributed by atoms with Crippen LogP contribution < -0.4 is 0 Å². The van der Waals surface area contributed by atoms with Crippen molar-refractivity contribution in [1.29, 1.82) is 0 Å². The highest BCUT2D eigenvalue weighted by molar-refractivity contribution is 5.87. The first kappa shape index (κ1) is 13.2. The summed E-state index contributed by atoms with van der Waals surface area (Å²) in [6, 6.07) is 0.604. The minimum absolute atomic E-state index is 0.0793. The molecule has 0 radical (unpaired) electrons. The second-order valence-electron chi connectivity index (χ2n) is 5.01. The standard InChI is InChI=1S/C13H24N2O/c1-5-13(16)15-8-6-12(7-9-15)10-14(4)11(2)3/h5,11-12H,1,6-10H2,2-4H3. The van der Waals surface area contributed by atoms with E-state index in [2.05, 4.69) is 32.4 Å². The summed E-state index contributed by atoms with van der Waals surface area (Å²) in [5.41, 5.74) is 0. The van der Waals surface area contributed by atoms with Gasteiger partial charge in [0.25, 0.3) is 0 Å². The molecule has 0 bridgehead atoms. The fourth-order valence-corrected chi connectivity index (χ4v) is 2.08.